The molecule has 6 heteroatoms. The lowest BCUT2D eigenvalue weighted by molar-refractivity contribution is -0.165. The van der Waals surface area contributed by atoms with Gasteiger partial charge in [-0.15, -0.1) is 0 Å². The summed E-state index contributed by atoms with van der Waals surface area (Å²) in [4.78, 5) is 48.6. The molecule has 0 radical (unpaired) electrons. The van der Waals surface area contributed by atoms with E-state index in [0.29, 0.717) is 0 Å². The molecule has 0 bridgehead atoms. The fraction of sp³-hybridized carbons (Fsp3) is 0.294. The van der Waals surface area contributed by atoms with Crippen molar-refractivity contribution >= 4 is 23.6 Å². The minimum Gasteiger partial charge on any atom is -0.446 e. The van der Waals surface area contributed by atoms with E-state index in [4.69, 9.17) is 4.74 Å². The summed E-state index contributed by atoms with van der Waals surface area (Å²) in [6, 6.07) is 0. The number of ether oxygens (including phenoxy) is 1. The van der Waals surface area contributed by atoms with Crippen LogP contribution in [0.2, 0.25) is 0 Å². The molecule has 0 aromatic heterocycles. The number of rotatable bonds is 8. The van der Waals surface area contributed by atoms with Crippen molar-refractivity contribution in [3.63, 3.8) is 0 Å². The van der Waals surface area contributed by atoms with Crippen molar-refractivity contribution in [1.29, 1.82) is 0 Å². The van der Waals surface area contributed by atoms with Crippen molar-refractivity contribution in [1.82, 2.24) is 4.90 Å². The van der Waals surface area contributed by atoms with Crippen LogP contribution in [0, 0.1) is 0 Å². The molecule has 2 amide bonds. The Morgan fingerprint density at radius 3 is 2.09 bits per heavy atom. The van der Waals surface area contributed by atoms with E-state index in [0.717, 1.165) is 23.1 Å². The van der Waals surface area contributed by atoms with Gasteiger partial charge in [0.2, 0.25) is 0 Å². The smallest absolute Gasteiger partial charge is 0.334 e. The third-order valence-corrected chi connectivity index (χ3v) is 2.85. The van der Waals surface area contributed by atoms with Gasteiger partial charge in [-0.25, -0.2) is 4.79 Å². The van der Waals surface area contributed by atoms with Crippen molar-refractivity contribution in [3.05, 3.63) is 49.6 Å². The number of hydrogen-bond donors (Lipinski definition) is 0. The number of hydrogen-bond acceptors (Lipinski definition) is 5. The van der Waals surface area contributed by atoms with Gasteiger partial charge in [-0.3, -0.25) is 19.3 Å². The average Bonchev–Trinajstić information content (AvgIpc) is 2.50. The first kappa shape index (κ1) is 20.2. The molecule has 6 nitrogen and oxygen atoms in total. The molecule has 0 saturated carbocycles. The van der Waals surface area contributed by atoms with Crippen LogP contribution in [-0.4, -0.2) is 40.6 Å². The molecule has 0 spiro atoms. The second kappa shape index (κ2) is 8.63. The van der Waals surface area contributed by atoms with Gasteiger partial charge in [0.05, 0.1) is 6.54 Å². The summed E-state index contributed by atoms with van der Waals surface area (Å²) in [6.45, 7) is 13.9. The zero-order valence-electron chi connectivity index (χ0n) is 13.6. The summed E-state index contributed by atoms with van der Waals surface area (Å²) in [5, 5.41) is 0. The molecule has 0 saturated heterocycles. The summed E-state index contributed by atoms with van der Waals surface area (Å²) in [5.74, 6) is -2.84. The van der Waals surface area contributed by atoms with Gasteiger partial charge in [0.25, 0.3) is 11.8 Å². The minimum atomic E-state index is -1.77. The number of ketones is 1. The Kier molecular flexibility index (Phi) is 7.59. The van der Waals surface area contributed by atoms with Crippen molar-refractivity contribution in [2.75, 3.05) is 6.54 Å². The van der Waals surface area contributed by atoms with Gasteiger partial charge in [-0.05, 0) is 39.0 Å². The topological polar surface area (TPSA) is 80.8 Å². The number of allylic oxidation sites excluding steroid dienone is 1. The van der Waals surface area contributed by atoms with E-state index >= 15 is 0 Å². The molecular weight excluding hydrogens is 298 g/mol. The van der Waals surface area contributed by atoms with Crippen molar-refractivity contribution < 1.29 is 23.9 Å². The predicted octanol–water partition coefficient (Wildman–Crippen LogP) is 1.74. The van der Waals surface area contributed by atoms with Gasteiger partial charge in [-0.1, -0.05) is 25.8 Å². The van der Waals surface area contributed by atoms with Crippen molar-refractivity contribution in [2.45, 2.75) is 26.4 Å². The van der Waals surface area contributed by atoms with Crippen LogP contribution in [0.5, 0.6) is 0 Å². The highest BCUT2D eigenvalue weighted by atomic mass is 16.6. The van der Waals surface area contributed by atoms with Crippen molar-refractivity contribution in [2.24, 2.45) is 0 Å². The van der Waals surface area contributed by atoms with Crippen LogP contribution in [0.15, 0.2) is 49.6 Å². The molecule has 0 aromatic carbocycles. The van der Waals surface area contributed by atoms with Crippen LogP contribution >= 0.6 is 0 Å². The predicted molar refractivity (Wildman–Crippen MR) is 86.2 cm³/mol. The highest BCUT2D eigenvalue weighted by molar-refractivity contribution is 6.06. The fourth-order valence-corrected chi connectivity index (χ4v) is 1.58. The van der Waals surface area contributed by atoms with Crippen LogP contribution in [0.25, 0.3) is 0 Å². The van der Waals surface area contributed by atoms with E-state index in [1.165, 1.54) is 19.9 Å². The molecular formula is C17H21NO5. The molecule has 0 aliphatic rings. The lowest BCUT2D eigenvalue weighted by Gasteiger charge is -2.31. The molecule has 1 atom stereocenters. The molecule has 1 unspecified atom stereocenters. The van der Waals surface area contributed by atoms with Crippen LogP contribution in [0.3, 0.4) is 0 Å². The Balaban J connectivity index is 5.74. The molecule has 0 aromatic rings. The average molecular weight is 319 g/mol. The number of amides is 2. The molecule has 124 valence electrons. The normalized spacial score (nSPS) is 12.8. The Morgan fingerprint density at radius 2 is 1.70 bits per heavy atom. The SMILES string of the molecule is C=CC(=O)N(CC(C)(OC(=O)C(=C)C)C(=O)C=C)C(=O)C=CC. The second-order valence-corrected chi connectivity index (χ2v) is 4.94. The highest BCUT2D eigenvalue weighted by Gasteiger charge is 2.40. The minimum absolute atomic E-state index is 0.0782. The lowest BCUT2D eigenvalue weighted by atomic mass is 9.99. The molecule has 0 aliphatic heterocycles. The third kappa shape index (κ3) is 5.50. The molecule has 0 heterocycles. The van der Waals surface area contributed by atoms with Gasteiger partial charge < -0.3 is 4.74 Å². The van der Waals surface area contributed by atoms with E-state index in [9.17, 15) is 19.2 Å². The van der Waals surface area contributed by atoms with Gasteiger partial charge in [0.1, 0.15) is 0 Å². The molecule has 0 N–H and O–H groups in total. The quantitative estimate of drug-likeness (QED) is 0.503. The molecule has 0 fully saturated rings. The standard InChI is InChI=1S/C17H21NO5/c1-7-10-15(21)18(14(20)9-3)11-17(6,13(19)8-2)23-16(22)12(4)5/h7-10H,2-4,11H2,1,5-6H3. The fourth-order valence-electron chi connectivity index (χ4n) is 1.58. The van der Waals surface area contributed by atoms with Crippen LogP contribution in [-0.2, 0) is 23.9 Å². The summed E-state index contributed by atoms with van der Waals surface area (Å²) in [6.07, 6.45) is 4.49. The molecule has 0 rings (SSSR count). The lowest BCUT2D eigenvalue weighted by Crippen LogP contribution is -2.52. The zero-order chi connectivity index (χ0) is 18.2. The summed E-state index contributed by atoms with van der Waals surface area (Å²) >= 11 is 0. The van der Waals surface area contributed by atoms with Crippen molar-refractivity contribution in [3.8, 4) is 0 Å². The number of carbonyl (C=O) groups is 4. The second-order valence-electron chi connectivity index (χ2n) is 4.94. The summed E-state index contributed by atoms with van der Waals surface area (Å²) in [5.41, 5.74) is -1.69. The molecule has 0 aliphatic carbocycles. The highest BCUT2D eigenvalue weighted by Crippen LogP contribution is 2.18. The largest absolute Gasteiger partial charge is 0.446 e. The van der Waals surface area contributed by atoms with Gasteiger partial charge in [0, 0.05) is 5.57 Å². The Bertz CT molecular complexity index is 588. The van der Waals surface area contributed by atoms with E-state index in [1.807, 2.05) is 0 Å². The van der Waals surface area contributed by atoms with E-state index < -0.39 is 35.7 Å². The van der Waals surface area contributed by atoms with E-state index in [-0.39, 0.29) is 5.57 Å². The van der Waals surface area contributed by atoms with Gasteiger partial charge in [-0.2, -0.15) is 0 Å². The first-order valence-electron chi connectivity index (χ1n) is 6.79. The van der Waals surface area contributed by atoms with Crippen LogP contribution < -0.4 is 0 Å². The van der Waals surface area contributed by atoms with Crippen LogP contribution in [0.1, 0.15) is 20.8 Å². The first-order chi connectivity index (χ1) is 10.6. The number of imide groups is 1. The zero-order valence-corrected chi connectivity index (χ0v) is 13.6. The molecule has 23 heavy (non-hydrogen) atoms. The Hall–Kier alpha value is -2.76. The maximum Gasteiger partial charge on any atom is 0.334 e. The number of carbonyl (C=O) groups excluding carboxylic acids is 4. The Morgan fingerprint density at radius 1 is 1.13 bits per heavy atom. The van der Waals surface area contributed by atoms with Gasteiger partial charge in [0.15, 0.2) is 11.4 Å². The van der Waals surface area contributed by atoms with Gasteiger partial charge >= 0.3 is 5.97 Å². The third-order valence-electron chi connectivity index (χ3n) is 2.85. The monoisotopic (exact) mass is 319 g/mol. The number of nitrogens with zero attached hydrogens (tertiary/aromatic N) is 1. The number of esters is 1. The summed E-state index contributed by atoms with van der Waals surface area (Å²) in [7, 11) is 0. The maximum absolute atomic E-state index is 12.1. The van der Waals surface area contributed by atoms with Crippen LogP contribution in [0.4, 0.5) is 0 Å². The maximum atomic E-state index is 12.1. The van der Waals surface area contributed by atoms with E-state index in [2.05, 4.69) is 19.7 Å². The summed E-state index contributed by atoms with van der Waals surface area (Å²) < 4.78 is 5.14. The van der Waals surface area contributed by atoms with E-state index in [1.54, 1.807) is 6.92 Å². The Labute approximate surface area is 135 Å². The first-order valence-corrected chi connectivity index (χ1v) is 6.79.